The van der Waals surface area contributed by atoms with Crippen LogP contribution in [0.5, 0.6) is 0 Å². The van der Waals surface area contributed by atoms with Crippen LogP contribution in [-0.2, 0) is 4.74 Å². The highest BCUT2D eigenvalue weighted by atomic mass is 16.5. The first-order valence-corrected chi connectivity index (χ1v) is 7.82. The predicted molar refractivity (Wildman–Crippen MR) is 79.2 cm³/mol. The molecule has 4 nitrogen and oxygen atoms in total. The Morgan fingerprint density at radius 1 is 1.26 bits per heavy atom. The van der Waals surface area contributed by atoms with Crippen molar-refractivity contribution in [2.45, 2.75) is 51.5 Å². The first kappa shape index (κ1) is 16.9. The summed E-state index contributed by atoms with van der Waals surface area (Å²) in [5, 5.41) is 8.75. The Hall–Kier alpha value is -0.160. The predicted octanol–water partition coefficient (Wildman–Crippen LogP) is 1.61. The van der Waals surface area contributed by atoms with Crippen LogP contribution in [0.1, 0.15) is 46.0 Å². The molecule has 0 aromatic rings. The van der Waals surface area contributed by atoms with Gasteiger partial charge < -0.3 is 15.6 Å². The van der Waals surface area contributed by atoms with E-state index in [0.29, 0.717) is 13.2 Å². The molecule has 0 radical (unpaired) electrons. The maximum Gasteiger partial charge on any atom is 0.0698 e. The number of hydrogen-bond donors (Lipinski definition) is 2. The molecule has 0 spiro atoms. The van der Waals surface area contributed by atoms with Gasteiger partial charge in [-0.2, -0.15) is 0 Å². The normalized spacial score (nSPS) is 27.9. The van der Waals surface area contributed by atoms with Gasteiger partial charge in [-0.3, -0.25) is 4.90 Å². The van der Waals surface area contributed by atoms with E-state index in [4.69, 9.17) is 15.6 Å². The second-order valence-electron chi connectivity index (χ2n) is 5.93. The summed E-state index contributed by atoms with van der Waals surface area (Å²) in [7, 11) is 0. The van der Waals surface area contributed by atoms with Gasteiger partial charge >= 0.3 is 0 Å². The fourth-order valence-corrected chi connectivity index (χ4v) is 3.15. The van der Waals surface area contributed by atoms with Gasteiger partial charge in [-0.15, -0.1) is 0 Å². The van der Waals surface area contributed by atoms with Crippen LogP contribution >= 0.6 is 0 Å². The van der Waals surface area contributed by atoms with Gasteiger partial charge in [-0.25, -0.2) is 0 Å². The highest BCUT2D eigenvalue weighted by Crippen LogP contribution is 2.35. The lowest BCUT2D eigenvalue weighted by Crippen LogP contribution is -2.56. The van der Waals surface area contributed by atoms with E-state index in [-0.39, 0.29) is 12.1 Å². The second kappa shape index (κ2) is 8.90. The quantitative estimate of drug-likeness (QED) is 0.626. The van der Waals surface area contributed by atoms with Gasteiger partial charge in [0.15, 0.2) is 0 Å². The van der Waals surface area contributed by atoms with Gasteiger partial charge in [0.05, 0.1) is 19.8 Å². The standard InChI is InChI=1S/C15H32N2O2/c1-3-8-17(9-11-19-12-10-18)15(13-16)6-4-14(2)5-7-15/h14,18H,3-13,16H2,1-2H3. The Kier molecular flexibility index (Phi) is 7.91. The molecule has 1 fully saturated rings. The zero-order valence-electron chi connectivity index (χ0n) is 12.7. The average molecular weight is 272 g/mol. The third-order valence-corrected chi connectivity index (χ3v) is 4.49. The molecular weight excluding hydrogens is 240 g/mol. The van der Waals surface area contributed by atoms with E-state index >= 15 is 0 Å². The fourth-order valence-electron chi connectivity index (χ4n) is 3.15. The van der Waals surface area contributed by atoms with E-state index in [1.807, 2.05) is 0 Å². The third kappa shape index (κ3) is 5.03. The van der Waals surface area contributed by atoms with Crippen molar-refractivity contribution in [3.63, 3.8) is 0 Å². The van der Waals surface area contributed by atoms with Crippen LogP contribution in [-0.4, -0.2) is 55.0 Å². The van der Waals surface area contributed by atoms with Crippen molar-refractivity contribution in [2.24, 2.45) is 11.7 Å². The van der Waals surface area contributed by atoms with Crippen LogP contribution in [0.2, 0.25) is 0 Å². The van der Waals surface area contributed by atoms with Crippen molar-refractivity contribution >= 4 is 0 Å². The van der Waals surface area contributed by atoms with Crippen LogP contribution in [0.25, 0.3) is 0 Å². The minimum atomic E-state index is 0.104. The molecule has 1 aliphatic rings. The molecule has 0 unspecified atom stereocenters. The molecule has 19 heavy (non-hydrogen) atoms. The molecule has 1 rings (SSSR count). The van der Waals surface area contributed by atoms with Gasteiger partial charge in [-0.1, -0.05) is 13.8 Å². The molecule has 3 N–H and O–H groups in total. The number of nitrogens with two attached hydrogens (primary N) is 1. The summed E-state index contributed by atoms with van der Waals surface area (Å²) in [5.74, 6) is 0.841. The number of hydrogen-bond acceptors (Lipinski definition) is 4. The lowest BCUT2D eigenvalue weighted by Gasteiger charge is -2.47. The van der Waals surface area contributed by atoms with Crippen LogP contribution < -0.4 is 5.73 Å². The first-order chi connectivity index (χ1) is 9.18. The van der Waals surface area contributed by atoms with Crippen LogP contribution in [0.4, 0.5) is 0 Å². The number of aliphatic hydroxyl groups is 1. The van der Waals surface area contributed by atoms with Crippen LogP contribution in [0, 0.1) is 5.92 Å². The van der Waals surface area contributed by atoms with Gasteiger partial charge in [0.2, 0.25) is 0 Å². The molecule has 4 heteroatoms. The van der Waals surface area contributed by atoms with Crippen molar-refractivity contribution in [1.82, 2.24) is 4.90 Å². The third-order valence-electron chi connectivity index (χ3n) is 4.49. The molecule has 0 aromatic heterocycles. The Labute approximate surface area is 118 Å². The van der Waals surface area contributed by atoms with E-state index in [1.54, 1.807) is 0 Å². The molecule has 0 heterocycles. The summed E-state index contributed by atoms with van der Waals surface area (Å²) in [5.41, 5.74) is 6.31. The highest BCUT2D eigenvalue weighted by molar-refractivity contribution is 4.95. The molecule has 0 bridgehead atoms. The zero-order chi connectivity index (χ0) is 14.1. The van der Waals surface area contributed by atoms with E-state index < -0.39 is 0 Å². The monoisotopic (exact) mass is 272 g/mol. The Morgan fingerprint density at radius 3 is 2.47 bits per heavy atom. The number of ether oxygens (including phenoxy) is 1. The summed E-state index contributed by atoms with van der Waals surface area (Å²) in [4.78, 5) is 2.54. The molecule has 0 atom stereocenters. The fraction of sp³-hybridized carbons (Fsp3) is 1.00. The van der Waals surface area contributed by atoms with Crippen molar-refractivity contribution in [2.75, 3.05) is 39.5 Å². The lowest BCUT2D eigenvalue weighted by molar-refractivity contribution is 0.00970. The second-order valence-corrected chi connectivity index (χ2v) is 5.93. The zero-order valence-corrected chi connectivity index (χ0v) is 12.7. The Balaban J connectivity index is 2.55. The maximum absolute atomic E-state index is 8.75. The van der Waals surface area contributed by atoms with Crippen molar-refractivity contribution in [3.05, 3.63) is 0 Å². The topological polar surface area (TPSA) is 58.7 Å². The number of nitrogens with zero attached hydrogens (tertiary/aromatic N) is 1. The van der Waals surface area contributed by atoms with Crippen molar-refractivity contribution < 1.29 is 9.84 Å². The van der Waals surface area contributed by atoms with Crippen LogP contribution in [0.15, 0.2) is 0 Å². The lowest BCUT2D eigenvalue weighted by atomic mass is 9.76. The smallest absolute Gasteiger partial charge is 0.0698 e. The Morgan fingerprint density at radius 2 is 1.95 bits per heavy atom. The number of aliphatic hydroxyl groups excluding tert-OH is 1. The molecule has 0 saturated heterocycles. The van der Waals surface area contributed by atoms with Crippen molar-refractivity contribution in [3.8, 4) is 0 Å². The van der Waals surface area contributed by atoms with E-state index in [1.165, 1.54) is 25.7 Å². The summed E-state index contributed by atoms with van der Waals surface area (Å²) >= 11 is 0. The van der Waals surface area contributed by atoms with Gasteiger partial charge in [0.25, 0.3) is 0 Å². The van der Waals surface area contributed by atoms with Gasteiger partial charge in [0, 0.05) is 18.6 Å². The summed E-state index contributed by atoms with van der Waals surface area (Å²) < 4.78 is 5.43. The highest BCUT2D eigenvalue weighted by Gasteiger charge is 2.37. The van der Waals surface area contributed by atoms with E-state index in [9.17, 15) is 0 Å². The van der Waals surface area contributed by atoms with E-state index in [0.717, 1.165) is 32.0 Å². The maximum atomic E-state index is 8.75. The summed E-state index contributed by atoms with van der Waals surface area (Å²) in [6.07, 6.45) is 6.15. The average Bonchev–Trinajstić information content (AvgIpc) is 2.44. The minimum Gasteiger partial charge on any atom is -0.394 e. The molecule has 0 aromatic carbocycles. The molecule has 0 amide bonds. The van der Waals surface area contributed by atoms with E-state index in [2.05, 4.69) is 18.7 Å². The Bertz CT molecular complexity index is 228. The molecule has 114 valence electrons. The largest absolute Gasteiger partial charge is 0.394 e. The summed E-state index contributed by atoms with van der Waals surface area (Å²) in [6, 6.07) is 0. The molecule has 1 saturated carbocycles. The molecular formula is C15H32N2O2. The SMILES string of the molecule is CCCN(CCOCCO)C1(CN)CCC(C)CC1. The molecule has 1 aliphatic carbocycles. The summed E-state index contributed by atoms with van der Waals surface area (Å²) in [6.45, 7) is 8.57. The minimum absolute atomic E-state index is 0.104. The first-order valence-electron chi connectivity index (χ1n) is 7.82. The van der Waals surface area contributed by atoms with Crippen molar-refractivity contribution in [1.29, 1.82) is 0 Å². The molecule has 0 aliphatic heterocycles. The van der Waals surface area contributed by atoms with Crippen LogP contribution in [0.3, 0.4) is 0 Å². The van der Waals surface area contributed by atoms with Gasteiger partial charge in [-0.05, 0) is 44.6 Å². The van der Waals surface area contributed by atoms with Gasteiger partial charge in [0.1, 0.15) is 0 Å². The number of rotatable bonds is 9.